The van der Waals surface area contributed by atoms with Crippen molar-refractivity contribution in [3.05, 3.63) is 69.8 Å². The molecule has 8 nitrogen and oxygen atoms in total. The van der Waals surface area contributed by atoms with Crippen LogP contribution in [-0.4, -0.2) is 94.6 Å². The second-order valence-electron chi connectivity index (χ2n) is 18.6. The fraction of sp³-hybridized carbons (Fsp3) is 0.564. The molecule has 2 aliphatic rings. The standard InChI is InChI=1S/C55H74N4O4/c1-9-17-28-56(29-18-10-2)32-26-36-34-44-41-23-25-43-51-47(55(63)59(53(43)61)39(16-8)21-13-5)37(27-33-57(30-19-11-3)31-20-12-4)35-45(49(41)51)40-22-24-42-50(48(40)44)46(36)54(62)58(52(42)60)38(14-6)15-7/h22-25,34-35,38-39H,9-21,26-33H2,1-8H3. The fourth-order valence-electron chi connectivity index (χ4n) is 11.0. The van der Waals surface area contributed by atoms with Gasteiger partial charge in [0.15, 0.2) is 0 Å². The molecule has 0 bridgehead atoms. The van der Waals surface area contributed by atoms with E-state index in [1.165, 1.54) is 0 Å². The normalized spacial score (nSPS) is 14.8. The zero-order valence-corrected chi connectivity index (χ0v) is 39.9. The monoisotopic (exact) mass is 855 g/mol. The maximum Gasteiger partial charge on any atom is 0.261 e. The summed E-state index contributed by atoms with van der Waals surface area (Å²) in [5.41, 5.74) is 4.47. The van der Waals surface area contributed by atoms with E-state index >= 15 is 9.59 Å². The number of benzene rings is 5. The number of imide groups is 2. The van der Waals surface area contributed by atoms with E-state index in [9.17, 15) is 9.59 Å². The first-order chi connectivity index (χ1) is 30.6. The van der Waals surface area contributed by atoms with Gasteiger partial charge in [-0.1, -0.05) is 99.6 Å². The highest BCUT2D eigenvalue weighted by Crippen LogP contribution is 2.49. The molecular formula is C55H74N4O4. The van der Waals surface area contributed by atoms with Crippen LogP contribution in [0.5, 0.6) is 0 Å². The van der Waals surface area contributed by atoms with Crippen molar-refractivity contribution < 1.29 is 19.2 Å². The molecule has 0 saturated carbocycles. The van der Waals surface area contributed by atoms with Crippen molar-refractivity contribution in [2.24, 2.45) is 0 Å². The summed E-state index contributed by atoms with van der Waals surface area (Å²) < 4.78 is 0. The van der Waals surface area contributed by atoms with Gasteiger partial charge in [0.2, 0.25) is 0 Å². The Labute approximate surface area is 377 Å². The molecule has 0 spiro atoms. The third-order valence-electron chi connectivity index (χ3n) is 14.5. The first-order valence-electron chi connectivity index (χ1n) is 25.1. The summed E-state index contributed by atoms with van der Waals surface area (Å²) in [6, 6.07) is 12.2. The van der Waals surface area contributed by atoms with Crippen molar-refractivity contribution in [1.82, 2.24) is 19.6 Å². The Morgan fingerprint density at radius 2 is 0.810 bits per heavy atom. The predicted octanol–water partition coefficient (Wildman–Crippen LogP) is 12.6. The van der Waals surface area contributed by atoms with E-state index in [0.29, 0.717) is 54.4 Å². The highest BCUT2D eigenvalue weighted by Gasteiger charge is 2.41. The Kier molecular flexibility index (Phi) is 15.2. The molecular weight excluding hydrogens is 781 g/mol. The Morgan fingerprint density at radius 3 is 1.16 bits per heavy atom. The zero-order chi connectivity index (χ0) is 44.9. The van der Waals surface area contributed by atoms with E-state index in [0.717, 1.165) is 158 Å². The van der Waals surface area contributed by atoms with E-state index < -0.39 is 0 Å². The van der Waals surface area contributed by atoms with Gasteiger partial charge >= 0.3 is 0 Å². The summed E-state index contributed by atoms with van der Waals surface area (Å²) >= 11 is 0. The van der Waals surface area contributed by atoms with Crippen molar-refractivity contribution in [3.63, 3.8) is 0 Å². The Morgan fingerprint density at radius 1 is 0.429 bits per heavy atom. The molecule has 63 heavy (non-hydrogen) atoms. The number of fused-ring (bicyclic) bond motifs is 2. The minimum absolute atomic E-state index is 0.172. The maximum absolute atomic E-state index is 15.2. The first-order valence-corrected chi connectivity index (χ1v) is 25.1. The molecule has 0 saturated heterocycles. The van der Waals surface area contributed by atoms with Gasteiger partial charge in [0.05, 0.1) is 11.1 Å². The van der Waals surface area contributed by atoms with Gasteiger partial charge in [-0.2, -0.15) is 0 Å². The number of carbonyl (C=O) groups is 4. The van der Waals surface area contributed by atoms with Crippen molar-refractivity contribution in [2.75, 3.05) is 39.3 Å². The van der Waals surface area contributed by atoms with Crippen molar-refractivity contribution >= 4 is 66.7 Å². The molecule has 0 aromatic heterocycles. The molecule has 8 heteroatoms. The van der Waals surface area contributed by atoms with E-state index in [2.05, 4.69) is 89.5 Å². The molecule has 2 heterocycles. The lowest BCUT2D eigenvalue weighted by atomic mass is 9.78. The van der Waals surface area contributed by atoms with E-state index in [4.69, 9.17) is 0 Å². The van der Waals surface area contributed by atoms with Gasteiger partial charge in [-0.05, 0) is 158 Å². The lowest BCUT2D eigenvalue weighted by molar-refractivity contribution is 0.0511. The van der Waals surface area contributed by atoms with Crippen molar-refractivity contribution in [1.29, 1.82) is 0 Å². The van der Waals surface area contributed by atoms with Gasteiger partial charge in [-0.25, -0.2) is 0 Å². The third-order valence-corrected chi connectivity index (χ3v) is 14.5. The molecule has 0 radical (unpaired) electrons. The van der Waals surface area contributed by atoms with Gasteiger partial charge in [-0.3, -0.25) is 29.0 Å². The van der Waals surface area contributed by atoms with Crippen LogP contribution in [0.15, 0.2) is 36.4 Å². The molecule has 5 aromatic carbocycles. The van der Waals surface area contributed by atoms with Crippen LogP contribution in [0.25, 0.3) is 43.1 Å². The summed E-state index contributed by atoms with van der Waals surface area (Å²) in [7, 11) is 0. The first kappa shape index (κ1) is 46.6. The zero-order valence-electron chi connectivity index (χ0n) is 39.9. The van der Waals surface area contributed by atoms with Crippen LogP contribution >= 0.6 is 0 Å². The van der Waals surface area contributed by atoms with Crippen LogP contribution in [0.2, 0.25) is 0 Å². The summed E-state index contributed by atoms with van der Waals surface area (Å²) in [4.78, 5) is 67.9. The molecule has 1 unspecified atom stereocenters. The molecule has 7 rings (SSSR count). The number of nitrogens with zero attached hydrogens (tertiary/aromatic N) is 4. The lowest BCUT2D eigenvalue weighted by Crippen LogP contribution is -2.47. The van der Waals surface area contributed by atoms with Crippen molar-refractivity contribution in [2.45, 2.75) is 164 Å². The number of hydrogen-bond acceptors (Lipinski definition) is 6. The molecule has 1 atom stereocenters. The quantitative estimate of drug-likeness (QED) is 0.0330. The average Bonchev–Trinajstić information content (AvgIpc) is 3.29. The molecule has 0 fully saturated rings. The van der Waals surface area contributed by atoms with Crippen LogP contribution in [-0.2, 0) is 12.8 Å². The maximum atomic E-state index is 15.2. The number of unbranched alkanes of at least 4 members (excludes halogenated alkanes) is 4. The average molecular weight is 855 g/mol. The molecule has 2 aliphatic heterocycles. The summed E-state index contributed by atoms with van der Waals surface area (Å²) in [6.07, 6.45) is 14.1. The topological polar surface area (TPSA) is 81.2 Å². The van der Waals surface area contributed by atoms with E-state index in [1.54, 1.807) is 9.80 Å². The number of carbonyl (C=O) groups excluding carboxylic acids is 4. The van der Waals surface area contributed by atoms with Crippen LogP contribution in [0.4, 0.5) is 0 Å². The highest BCUT2D eigenvalue weighted by atomic mass is 16.2. The molecule has 0 N–H and O–H groups in total. The fourth-order valence-corrected chi connectivity index (χ4v) is 11.0. The molecule has 338 valence electrons. The number of hydrogen-bond donors (Lipinski definition) is 0. The van der Waals surface area contributed by atoms with Gasteiger partial charge < -0.3 is 9.80 Å². The summed E-state index contributed by atoms with van der Waals surface area (Å²) in [5.74, 6) is -0.774. The largest absolute Gasteiger partial charge is 0.303 e. The van der Waals surface area contributed by atoms with Crippen LogP contribution in [0.3, 0.4) is 0 Å². The second kappa shape index (κ2) is 20.6. The minimum atomic E-state index is -0.215. The Hall–Kier alpha value is -4.40. The Bertz CT molecular complexity index is 2450. The van der Waals surface area contributed by atoms with Gasteiger partial charge in [0.25, 0.3) is 23.6 Å². The smallest absolute Gasteiger partial charge is 0.261 e. The van der Waals surface area contributed by atoms with E-state index in [-0.39, 0.29) is 35.7 Å². The van der Waals surface area contributed by atoms with Gasteiger partial charge in [0.1, 0.15) is 0 Å². The van der Waals surface area contributed by atoms with Crippen molar-refractivity contribution in [3.8, 4) is 0 Å². The predicted molar refractivity (Wildman–Crippen MR) is 262 cm³/mol. The minimum Gasteiger partial charge on any atom is -0.303 e. The number of rotatable bonds is 25. The van der Waals surface area contributed by atoms with E-state index in [1.807, 2.05) is 12.1 Å². The number of amides is 4. The SMILES string of the molecule is CCCCN(CCCC)CCc1cc2c3ccc4c5c(c(CCN(CCCC)CCCC)cc(c6ccc7c(c1C(=O)N(C(CC)CC)C7=O)c26)c53)C(=O)N(C(CC)CCC)C4=O. The van der Waals surface area contributed by atoms with Gasteiger partial charge in [-0.15, -0.1) is 0 Å². The Balaban J connectivity index is 1.53. The third kappa shape index (κ3) is 8.52. The highest BCUT2D eigenvalue weighted by molar-refractivity contribution is 6.41. The summed E-state index contributed by atoms with van der Waals surface area (Å²) in [6.45, 7) is 22.9. The molecule has 0 aliphatic carbocycles. The van der Waals surface area contributed by atoms with Gasteiger partial charge in [0, 0.05) is 47.1 Å². The molecule has 5 aromatic rings. The molecule has 4 amide bonds. The second-order valence-corrected chi connectivity index (χ2v) is 18.6. The summed E-state index contributed by atoms with van der Waals surface area (Å²) in [5, 5.41) is 7.29. The van der Waals surface area contributed by atoms with Crippen LogP contribution in [0.1, 0.15) is 191 Å². The van der Waals surface area contributed by atoms with Crippen LogP contribution in [0, 0.1) is 0 Å². The lowest BCUT2D eigenvalue weighted by Gasteiger charge is -2.36. The van der Waals surface area contributed by atoms with Crippen LogP contribution < -0.4 is 0 Å².